The summed E-state index contributed by atoms with van der Waals surface area (Å²) in [6.45, 7) is 2.84. The Morgan fingerprint density at radius 3 is 2.65 bits per heavy atom. The summed E-state index contributed by atoms with van der Waals surface area (Å²) in [5, 5.41) is 2.59. The number of rotatable bonds is 4. The lowest BCUT2D eigenvalue weighted by Gasteiger charge is -2.19. The van der Waals surface area contributed by atoms with Gasteiger partial charge in [0.15, 0.2) is 0 Å². The molecule has 0 aliphatic carbocycles. The number of halogens is 1. The number of likely N-dealkylation sites (tertiary alicyclic amines) is 1. The van der Waals surface area contributed by atoms with Gasteiger partial charge in [0, 0.05) is 18.7 Å². The minimum absolute atomic E-state index is 0.158. The van der Waals surface area contributed by atoms with Crippen LogP contribution < -0.4 is 11.1 Å². The molecule has 0 radical (unpaired) electrons. The van der Waals surface area contributed by atoms with Crippen LogP contribution in [0.2, 0.25) is 0 Å². The van der Waals surface area contributed by atoms with Gasteiger partial charge < -0.3 is 16.0 Å². The fraction of sp³-hybridized carbons (Fsp3) is 0.533. The number of nitrogens with zero attached hydrogens (tertiary/aromatic N) is 1. The van der Waals surface area contributed by atoms with Crippen molar-refractivity contribution in [3.8, 4) is 0 Å². The number of anilines is 2. The molecule has 5 heteroatoms. The van der Waals surface area contributed by atoms with Crippen LogP contribution in [-0.2, 0) is 4.79 Å². The molecule has 20 heavy (non-hydrogen) atoms. The fourth-order valence-corrected chi connectivity index (χ4v) is 2.47. The average Bonchev–Trinajstić information content (AvgIpc) is 2.69. The largest absolute Gasteiger partial charge is 0.399 e. The third kappa shape index (κ3) is 4.49. The van der Waals surface area contributed by atoms with Crippen molar-refractivity contribution in [3.05, 3.63) is 24.0 Å². The summed E-state index contributed by atoms with van der Waals surface area (Å²) >= 11 is 0. The van der Waals surface area contributed by atoms with Crippen LogP contribution in [0.25, 0.3) is 0 Å². The van der Waals surface area contributed by atoms with Crippen molar-refractivity contribution in [2.45, 2.75) is 32.1 Å². The first kappa shape index (κ1) is 14.8. The lowest BCUT2D eigenvalue weighted by molar-refractivity contribution is -0.116. The van der Waals surface area contributed by atoms with E-state index in [4.69, 9.17) is 5.73 Å². The Labute approximate surface area is 119 Å². The van der Waals surface area contributed by atoms with Crippen LogP contribution in [0.3, 0.4) is 0 Å². The third-order valence-electron chi connectivity index (χ3n) is 3.62. The van der Waals surface area contributed by atoms with Crippen LogP contribution in [0.4, 0.5) is 15.8 Å². The number of nitrogens with one attached hydrogen (secondary N) is 1. The van der Waals surface area contributed by atoms with Gasteiger partial charge in [0.2, 0.25) is 5.91 Å². The number of nitrogens with two attached hydrogens (primary N) is 1. The van der Waals surface area contributed by atoms with E-state index in [1.54, 1.807) is 0 Å². The van der Waals surface area contributed by atoms with E-state index in [0.29, 0.717) is 12.1 Å². The molecule has 4 nitrogen and oxygen atoms in total. The van der Waals surface area contributed by atoms with Crippen LogP contribution in [0, 0.1) is 5.82 Å². The molecule has 110 valence electrons. The maximum Gasteiger partial charge on any atom is 0.225 e. The van der Waals surface area contributed by atoms with Crippen LogP contribution in [-0.4, -0.2) is 30.4 Å². The summed E-state index contributed by atoms with van der Waals surface area (Å²) in [7, 11) is 0. The lowest BCUT2D eigenvalue weighted by atomic mass is 10.2. The fourth-order valence-electron chi connectivity index (χ4n) is 2.47. The summed E-state index contributed by atoms with van der Waals surface area (Å²) in [4.78, 5) is 14.2. The van der Waals surface area contributed by atoms with Crippen molar-refractivity contribution in [2.24, 2.45) is 0 Å². The Bertz CT molecular complexity index is 456. The van der Waals surface area contributed by atoms with E-state index in [1.807, 2.05) is 0 Å². The van der Waals surface area contributed by atoms with E-state index in [0.717, 1.165) is 19.6 Å². The Morgan fingerprint density at radius 1 is 1.25 bits per heavy atom. The number of carbonyl (C=O) groups excluding carboxylic acids is 1. The van der Waals surface area contributed by atoms with Gasteiger partial charge >= 0.3 is 0 Å². The Balaban J connectivity index is 1.81. The molecule has 0 unspecified atom stereocenters. The van der Waals surface area contributed by atoms with Crippen molar-refractivity contribution >= 4 is 17.3 Å². The molecule has 0 bridgehead atoms. The van der Waals surface area contributed by atoms with Crippen molar-refractivity contribution in [2.75, 3.05) is 30.7 Å². The van der Waals surface area contributed by atoms with Crippen LogP contribution in [0.5, 0.6) is 0 Å². The van der Waals surface area contributed by atoms with E-state index < -0.39 is 5.82 Å². The standard InChI is InChI=1S/C15H22FN3O/c16-13-6-5-12(17)11-14(13)18-15(20)7-10-19-8-3-1-2-4-9-19/h5-6,11H,1-4,7-10,17H2,(H,18,20). The molecular weight excluding hydrogens is 257 g/mol. The zero-order valence-corrected chi connectivity index (χ0v) is 11.7. The number of amides is 1. The van der Waals surface area contributed by atoms with Gasteiger partial charge in [-0.25, -0.2) is 4.39 Å². The van der Waals surface area contributed by atoms with E-state index in [-0.39, 0.29) is 11.6 Å². The number of benzene rings is 1. The zero-order valence-electron chi connectivity index (χ0n) is 11.7. The van der Waals surface area contributed by atoms with Crippen molar-refractivity contribution in [1.82, 2.24) is 4.90 Å². The molecule has 0 saturated carbocycles. The van der Waals surface area contributed by atoms with Crippen LogP contribution in [0.15, 0.2) is 18.2 Å². The highest BCUT2D eigenvalue weighted by atomic mass is 19.1. The highest BCUT2D eigenvalue weighted by Crippen LogP contribution is 2.17. The minimum Gasteiger partial charge on any atom is -0.399 e. The Morgan fingerprint density at radius 2 is 1.95 bits per heavy atom. The molecule has 0 spiro atoms. The second-order valence-corrected chi connectivity index (χ2v) is 5.29. The molecule has 0 aromatic heterocycles. The maximum atomic E-state index is 13.5. The van der Waals surface area contributed by atoms with Gasteiger partial charge in [-0.2, -0.15) is 0 Å². The van der Waals surface area contributed by atoms with E-state index in [1.165, 1.54) is 43.9 Å². The first-order valence-electron chi connectivity index (χ1n) is 7.22. The van der Waals surface area contributed by atoms with Gasteiger partial charge in [-0.15, -0.1) is 0 Å². The van der Waals surface area contributed by atoms with E-state index in [2.05, 4.69) is 10.2 Å². The summed E-state index contributed by atoms with van der Waals surface area (Å²) < 4.78 is 13.5. The van der Waals surface area contributed by atoms with E-state index in [9.17, 15) is 9.18 Å². The molecule has 1 fully saturated rings. The average molecular weight is 279 g/mol. The highest BCUT2D eigenvalue weighted by molar-refractivity contribution is 5.91. The van der Waals surface area contributed by atoms with Gasteiger partial charge in [0.1, 0.15) is 5.82 Å². The zero-order chi connectivity index (χ0) is 14.4. The predicted octanol–water partition coefficient (Wildman–Crippen LogP) is 2.61. The number of carbonyl (C=O) groups is 1. The van der Waals surface area contributed by atoms with Gasteiger partial charge in [-0.3, -0.25) is 4.79 Å². The summed E-state index contributed by atoms with van der Waals surface area (Å²) in [6, 6.07) is 4.18. The lowest BCUT2D eigenvalue weighted by Crippen LogP contribution is -2.28. The number of hydrogen-bond donors (Lipinski definition) is 2. The molecule has 1 aromatic rings. The van der Waals surface area contributed by atoms with Crippen LogP contribution >= 0.6 is 0 Å². The van der Waals surface area contributed by atoms with E-state index >= 15 is 0 Å². The van der Waals surface area contributed by atoms with Crippen molar-refractivity contribution in [1.29, 1.82) is 0 Å². The second-order valence-electron chi connectivity index (χ2n) is 5.29. The monoisotopic (exact) mass is 279 g/mol. The maximum absolute atomic E-state index is 13.5. The topological polar surface area (TPSA) is 58.4 Å². The molecule has 1 aromatic carbocycles. The summed E-state index contributed by atoms with van der Waals surface area (Å²) in [6.07, 6.45) is 5.33. The molecular formula is C15H22FN3O. The molecule has 1 saturated heterocycles. The van der Waals surface area contributed by atoms with Gasteiger partial charge in [-0.1, -0.05) is 12.8 Å². The second kappa shape index (κ2) is 7.24. The minimum atomic E-state index is -0.456. The Kier molecular flexibility index (Phi) is 5.35. The number of nitrogen functional groups attached to an aromatic ring is 1. The highest BCUT2D eigenvalue weighted by Gasteiger charge is 2.12. The predicted molar refractivity (Wildman–Crippen MR) is 79.0 cm³/mol. The molecule has 1 heterocycles. The quantitative estimate of drug-likeness (QED) is 0.833. The molecule has 1 aliphatic rings. The normalized spacial score (nSPS) is 16.6. The molecule has 3 N–H and O–H groups in total. The third-order valence-corrected chi connectivity index (χ3v) is 3.62. The van der Waals surface area contributed by atoms with Gasteiger partial charge in [-0.05, 0) is 44.1 Å². The Hall–Kier alpha value is -1.62. The van der Waals surface area contributed by atoms with Crippen molar-refractivity contribution in [3.63, 3.8) is 0 Å². The van der Waals surface area contributed by atoms with Gasteiger partial charge in [0.05, 0.1) is 5.69 Å². The first-order chi connectivity index (χ1) is 9.65. The summed E-state index contributed by atoms with van der Waals surface area (Å²) in [5.41, 5.74) is 6.18. The SMILES string of the molecule is Nc1ccc(F)c(NC(=O)CCN2CCCCCC2)c1. The summed E-state index contributed by atoms with van der Waals surface area (Å²) in [5.74, 6) is -0.624. The molecule has 1 aliphatic heterocycles. The van der Waals surface area contributed by atoms with Gasteiger partial charge in [0.25, 0.3) is 0 Å². The van der Waals surface area contributed by atoms with Crippen molar-refractivity contribution < 1.29 is 9.18 Å². The van der Waals surface area contributed by atoms with Crippen LogP contribution in [0.1, 0.15) is 32.1 Å². The number of hydrogen-bond acceptors (Lipinski definition) is 3. The molecule has 0 atom stereocenters. The smallest absolute Gasteiger partial charge is 0.225 e. The first-order valence-corrected chi connectivity index (χ1v) is 7.22. The molecule has 1 amide bonds. The molecule has 2 rings (SSSR count).